The summed E-state index contributed by atoms with van der Waals surface area (Å²) in [6.07, 6.45) is 5.35. The van der Waals surface area contributed by atoms with Gasteiger partial charge < -0.3 is 14.2 Å². The summed E-state index contributed by atoms with van der Waals surface area (Å²) in [5.41, 5.74) is 0.579. The first-order valence-corrected chi connectivity index (χ1v) is 11.6. The lowest BCUT2D eigenvalue weighted by Gasteiger charge is -2.26. The lowest BCUT2D eigenvalue weighted by Crippen LogP contribution is -2.36. The van der Waals surface area contributed by atoms with Crippen LogP contribution in [0.4, 0.5) is 0 Å². The van der Waals surface area contributed by atoms with Gasteiger partial charge in [0.2, 0.25) is 10.0 Å². The van der Waals surface area contributed by atoms with Gasteiger partial charge >= 0.3 is 11.9 Å². The molecule has 2 aromatic carbocycles. The second-order valence-electron chi connectivity index (χ2n) is 7.12. The Bertz CT molecular complexity index is 1120. The Morgan fingerprint density at radius 1 is 0.969 bits per heavy atom. The quantitative estimate of drug-likeness (QED) is 0.356. The average molecular weight is 460 g/mol. The van der Waals surface area contributed by atoms with Gasteiger partial charge in [-0.05, 0) is 48.7 Å². The van der Waals surface area contributed by atoms with Crippen molar-refractivity contribution in [2.45, 2.75) is 24.2 Å². The minimum atomic E-state index is -3.82. The van der Waals surface area contributed by atoms with Crippen LogP contribution in [0.5, 0.6) is 11.5 Å². The summed E-state index contributed by atoms with van der Waals surface area (Å²) in [6, 6.07) is 10.7. The van der Waals surface area contributed by atoms with Gasteiger partial charge in [-0.25, -0.2) is 18.0 Å². The van der Waals surface area contributed by atoms with E-state index >= 15 is 0 Å². The van der Waals surface area contributed by atoms with Crippen molar-refractivity contribution in [3.8, 4) is 11.5 Å². The summed E-state index contributed by atoms with van der Waals surface area (Å²) >= 11 is 0. The SMILES string of the molecule is COC(=O)/C=C/c1ccc(OC(=O)c2ccccc2S(=O)(=O)N2CCCCC2)c(OC)c1. The Kier molecular flexibility index (Phi) is 7.66. The molecule has 0 radical (unpaired) electrons. The van der Waals surface area contributed by atoms with Crippen molar-refractivity contribution in [3.05, 3.63) is 59.7 Å². The summed E-state index contributed by atoms with van der Waals surface area (Å²) in [6.45, 7) is 0.861. The van der Waals surface area contributed by atoms with Crippen LogP contribution in [0.25, 0.3) is 6.08 Å². The highest BCUT2D eigenvalue weighted by atomic mass is 32.2. The third-order valence-electron chi connectivity index (χ3n) is 5.04. The third-order valence-corrected chi connectivity index (χ3v) is 7.00. The molecule has 2 aromatic rings. The molecule has 1 saturated heterocycles. The van der Waals surface area contributed by atoms with Crippen molar-refractivity contribution in [2.24, 2.45) is 0 Å². The van der Waals surface area contributed by atoms with E-state index in [1.54, 1.807) is 24.3 Å². The second kappa shape index (κ2) is 10.4. The highest BCUT2D eigenvalue weighted by Crippen LogP contribution is 2.31. The smallest absolute Gasteiger partial charge is 0.345 e. The molecule has 170 valence electrons. The van der Waals surface area contributed by atoms with Crippen molar-refractivity contribution in [1.82, 2.24) is 4.31 Å². The second-order valence-corrected chi connectivity index (χ2v) is 9.02. The van der Waals surface area contributed by atoms with Gasteiger partial charge in [-0.3, -0.25) is 0 Å². The maximum absolute atomic E-state index is 13.1. The van der Waals surface area contributed by atoms with Crippen LogP contribution in [0.2, 0.25) is 0 Å². The molecule has 0 bridgehead atoms. The number of sulfonamides is 1. The van der Waals surface area contributed by atoms with E-state index in [1.807, 2.05) is 0 Å². The highest BCUT2D eigenvalue weighted by molar-refractivity contribution is 7.89. The number of rotatable bonds is 7. The first-order valence-electron chi connectivity index (χ1n) is 10.1. The molecule has 0 saturated carbocycles. The summed E-state index contributed by atoms with van der Waals surface area (Å²) < 4.78 is 43.0. The van der Waals surface area contributed by atoms with Crippen LogP contribution in [0, 0.1) is 0 Å². The molecule has 32 heavy (non-hydrogen) atoms. The number of esters is 2. The zero-order valence-electron chi connectivity index (χ0n) is 17.9. The van der Waals surface area contributed by atoms with E-state index in [0.717, 1.165) is 19.3 Å². The van der Waals surface area contributed by atoms with Crippen molar-refractivity contribution in [2.75, 3.05) is 27.3 Å². The van der Waals surface area contributed by atoms with Crippen molar-refractivity contribution < 1.29 is 32.2 Å². The molecule has 1 fully saturated rings. The van der Waals surface area contributed by atoms with Gasteiger partial charge in [-0.2, -0.15) is 4.31 Å². The third kappa shape index (κ3) is 5.35. The summed E-state index contributed by atoms with van der Waals surface area (Å²) in [5, 5.41) is 0. The van der Waals surface area contributed by atoms with Gasteiger partial charge in [-0.15, -0.1) is 0 Å². The predicted molar refractivity (Wildman–Crippen MR) is 118 cm³/mol. The van der Waals surface area contributed by atoms with Crippen LogP contribution in [0.15, 0.2) is 53.4 Å². The minimum absolute atomic E-state index is 0.0465. The maximum atomic E-state index is 13.1. The van der Waals surface area contributed by atoms with Gasteiger partial charge in [-0.1, -0.05) is 24.6 Å². The molecule has 1 aliphatic rings. The van der Waals surface area contributed by atoms with Crippen LogP contribution in [-0.2, 0) is 19.6 Å². The number of methoxy groups -OCH3 is 2. The zero-order valence-corrected chi connectivity index (χ0v) is 18.8. The van der Waals surface area contributed by atoms with Gasteiger partial charge in [0.15, 0.2) is 11.5 Å². The fourth-order valence-electron chi connectivity index (χ4n) is 3.36. The Hall–Kier alpha value is -3.17. The van der Waals surface area contributed by atoms with Crippen LogP contribution < -0.4 is 9.47 Å². The van der Waals surface area contributed by atoms with Crippen LogP contribution in [0.3, 0.4) is 0 Å². The Balaban J connectivity index is 1.87. The van der Waals surface area contributed by atoms with E-state index in [-0.39, 0.29) is 22.0 Å². The number of carbonyl (C=O) groups is 2. The molecule has 0 spiro atoms. The van der Waals surface area contributed by atoms with Gasteiger partial charge in [0.25, 0.3) is 0 Å². The lowest BCUT2D eigenvalue weighted by molar-refractivity contribution is -0.134. The minimum Gasteiger partial charge on any atom is -0.493 e. The molecule has 0 aromatic heterocycles. The normalized spacial score (nSPS) is 14.8. The van der Waals surface area contributed by atoms with E-state index in [9.17, 15) is 18.0 Å². The lowest BCUT2D eigenvalue weighted by atomic mass is 10.2. The van der Waals surface area contributed by atoms with E-state index < -0.39 is 22.0 Å². The van der Waals surface area contributed by atoms with Gasteiger partial charge in [0.05, 0.1) is 24.7 Å². The Morgan fingerprint density at radius 2 is 1.69 bits per heavy atom. The standard InChI is InChI=1S/C23H25NO7S/c1-29-20-16-17(11-13-22(25)30-2)10-12-19(20)31-23(26)18-8-4-5-9-21(18)32(27,28)24-14-6-3-7-15-24/h4-5,8-13,16H,3,6-7,14-15H2,1-2H3/b13-11+. The number of piperidine rings is 1. The van der Waals surface area contributed by atoms with Crippen molar-refractivity contribution >= 4 is 28.0 Å². The maximum Gasteiger partial charge on any atom is 0.345 e. The number of hydrogen-bond donors (Lipinski definition) is 0. The molecule has 0 N–H and O–H groups in total. The first kappa shape index (κ1) is 23.5. The molecule has 1 aliphatic heterocycles. The van der Waals surface area contributed by atoms with Crippen molar-refractivity contribution in [3.63, 3.8) is 0 Å². The van der Waals surface area contributed by atoms with E-state index in [0.29, 0.717) is 18.7 Å². The van der Waals surface area contributed by atoms with Crippen molar-refractivity contribution in [1.29, 1.82) is 0 Å². The molecular weight excluding hydrogens is 434 g/mol. The van der Waals surface area contributed by atoms with Crippen LogP contribution >= 0.6 is 0 Å². The predicted octanol–water partition coefficient (Wildman–Crippen LogP) is 3.28. The van der Waals surface area contributed by atoms with Gasteiger partial charge in [0.1, 0.15) is 0 Å². The number of nitrogens with zero attached hydrogens (tertiary/aromatic N) is 1. The molecule has 3 rings (SSSR count). The molecule has 0 unspecified atom stereocenters. The van der Waals surface area contributed by atoms with Gasteiger partial charge in [0, 0.05) is 19.2 Å². The molecule has 0 atom stereocenters. The average Bonchev–Trinajstić information content (AvgIpc) is 2.83. The number of benzene rings is 2. The summed E-state index contributed by atoms with van der Waals surface area (Å²) in [4.78, 5) is 24.1. The van der Waals surface area contributed by atoms with E-state index in [1.165, 1.54) is 48.9 Å². The monoisotopic (exact) mass is 459 g/mol. The number of hydrogen-bond acceptors (Lipinski definition) is 7. The highest BCUT2D eigenvalue weighted by Gasteiger charge is 2.30. The summed E-state index contributed by atoms with van der Waals surface area (Å²) in [7, 11) is -1.13. The van der Waals surface area contributed by atoms with E-state index in [2.05, 4.69) is 4.74 Å². The van der Waals surface area contributed by atoms with Crippen LogP contribution in [0.1, 0.15) is 35.2 Å². The molecular formula is C23H25NO7S. The molecule has 8 nitrogen and oxygen atoms in total. The number of carbonyl (C=O) groups excluding carboxylic acids is 2. The molecule has 0 aliphatic carbocycles. The zero-order chi connectivity index (χ0) is 23.1. The molecule has 9 heteroatoms. The topological polar surface area (TPSA) is 99.2 Å². The Morgan fingerprint density at radius 3 is 2.38 bits per heavy atom. The van der Waals surface area contributed by atoms with E-state index in [4.69, 9.17) is 9.47 Å². The molecule has 1 heterocycles. The largest absolute Gasteiger partial charge is 0.493 e. The number of ether oxygens (including phenoxy) is 3. The fourth-order valence-corrected chi connectivity index (χ4v) is 5.06. The summed E-state index contributed by atoms with van der Waals surface area (Å²) in [5.74, 6) is -0.942. The van der Waals surface area contributed by atoms with Crippen LogP contribution in [-0.4, -0.2) is 52.0 Å². The Labute approximate surface area is 187 Å². The molecule has 0 amide bonds. The first-order chi connectivity index (χ1) is 15.4. The fraction of sp³-hybridized carbons (Fsp3) is 0.304.